The highest BCUT2D eigenvalue weighted by Crippen LogP contribution is 2.37. The van der Waals surface area contributed by atoms with Gasteiger partial charge in [0.05, 0.1) is 31.9 Å². The minimum absolute atomic E-state index is 0.261. The highest BCUT2D eigenvalue weighted by Gasteiger charge is 2.29. The lowest BCUT2D eigenvalue weighted by Gasteiger charge is -2.23. The van der Waals surface area contributed by atoms with Crippen molar-refractivity contribution in [3.63, 3.8) is 0 Å². The maximum atomic E-state index is 12.2. The molecular formula is C16H28N5O2S+. The van der Waals surface area contributed by atoms with E-state index < -0.39 is 11.8 Å². The largest absolute Gasteiger partial charge is 0.348 e. The molecule has 1 aromatic heterocycles. The molecule has 0 fully saturated rings. The van der Waals surface area contributed by atoms with Crippen LogP contribution in [0.2, 0.25) is 0 Å². The summed E-state index contributed by atoms with van der Waals surface area (Å²) in [6, 6.07) is 0. The molecule has 0 bridgehead atoms. The summed E-state index contributed by atoms with van der Waals surface area (Å²) in [5, 5.41) is 10.1. The molecule has 0 aliphatic carbocycles. The predicted molar refractivity (Wildman–Crippen MR) is 96.2 cm³/mol. The van der Waals surface area contributed by atoms with Crippen molar-refractivity contribution in [2.24, 2.45) is 0 Å². The fourth-order valence-corrected chi connectivity index (χ4v) is 3.55. The molecule has 8 heteroatoms. The molecule has 0 spiro atoms. The number of nitrogens with zero attached hydrogens (tertiary/aromatic N) is 2. The fourth-order valence-electron chi connectivity index (χ4n) is 2.52. The third-order valence-electron chi connectivity index (χ3n) is 3.76. The van der Waals surface area contributed by atoms with Gasteiger partial charge in [-0.15, -0.1) is 0 Å². The van der Waals surface area contributed by atoms with Crippen molar-refractivity contribution in [3.8, 4) is 0 Å². The van der Waals surface area contributed by atoms with Gasteiger partial charge in [-0.25, -0.2) is 4.68 Å². The quantitative estimate of drug-likeness (QED) is 0.513. The molecule has 0 radical (unpaired) electrons. The van der Waals surface area contributed by atoms with Crippen LogP contribution in [0.1, 0.15) is 38.4 Å². The topological polar surface area (TPSA) is 80.5 Å². The number of thioether (sulfide) groups is 1. The number of fused-ring (bicyclic) bond motifs is 1. The molecule has 1 aliphatic heterocycles. The lowest BCUT2D eigenvalue weighted by molar-refractivity contribution is -0.858. The van der Waals surface area contributed by atoms with Gasteiger partial charge in [0.2, 0.25) is 0 Å². The Morgan fingerprint density at radius 1 is 1.25 bits per heavy atom. The second kappa shape index (κ2) is 7.57. The first kappa shape index (κ1) is 18.8. The van der Waals surface area contributed by atoms with Crippen molar-refractivity contribution in [1.29, 1.82) is 0 Å². The van der Waals surface area contributed by atoms with Gasteiger partial charge in [0.1, 0.15) is 5.82 Å². The van der Waals surface area contributed by atoms with Crippen molar-refractivity contribution >= 4 is 29.4 Å². The maximum absolute atomic E-state index is 12.2. The molecule has 1 aromatic rings. The van der Waals surface area contributed by atoms with Crippen molar-refractivity contribution in [1.82, 2.24) is 15.1 Å². The zero-order valence-corrected chi connectivity index (χ0v) is 16.0. The molecule has 0 saturated carbocycles. The van der Waals surface area contributed by atoms with Crippen molar-refractivity contribution in [2.45, 2.75) is 44.2 Å². The Hall–Kier alpha value is -1.54. The van der Waals surface area contributed by atoms with Crippen LogP contribution in [-0.4, -0.2) is 48.8 Å². The molecule has 0 aromatic carbocycles. The Labute approximate surface area is 147 Å². The van der Waals surface area contributed by atoms with E-state index in [9.17, 15) is 9.59 Å². The Morgan fingerprint density at radius 3 is 2.58 bits per heavy atom. The molecule has 2 heterocycles. The van der Waals surface area contributed by atoms with Gasteiger partial charge in [0.25, 0.3) is 0 Å². The van der Waals surface area contributed by atoms with Crippen molar-refractivity contribution in [3.05, 3.63) is 11.3 Å². The number of carbonyl (C=O) groups is 2. The first-order valence-corrected chi connectivity index (χ1v) is 9.43. The van der Waals surface area contributed by atoms with Gasteiger partial charge in [-0.3, -0.25) is 9.59 Å². The van der Waals surface area contributed by atoms with E-state index in [0.29, 0.717) is 12.4 Å². The average Bonchev–Trinajstić information content (AvgIpc) is 3.05. The van der Waals surface area contributed by atoms with E-state index >= 15 is 0 Å². The highest BCUT2D eigenvalue weighted by atomic mass is 32.2. The minimum atomic E-state index is -0.627. The monoisotopic (exact) mass is 354 g/mol. The number of aromatic nitrogens is 2. The fraction of sp³-hybridized carbons (Fsp3) is 0.688. The minimum Gasteiger partial charge on any atom is -0.348 e. The highest BCUT2D eigenvalue weighted by molar-refractivity contribution is 7.98. The summed E-state index contributed by atoms with van der Waals surface area (Å²) in [6.07, 6.45) is 0.841. The number of quaternary nitrogens is 1. The molecule has 1 aliphatic rings. The predicted octanol–water partition coefficient (Wildman–Crippen LogP) is -0.0258. The van der Waals surface area contributed by atoms with Gasteiger partial charge in [-0.1, -0.05) is 0 Å². The zero-order chi connectivity index (χ0) is 17.9. The van der Waals surface area contributed by atoms with Crippen LogP contribution >= 0.6 is 11.8 Å². The van der Waals surface area contributed by atoms with Crippen LogP contribution in [0.5, 0.6) is 0 Å². The van der Waals surface area contributed by atoms with Crippen LogP contribution < -0.4 is 15.5 Å². The Bertz CT molecular complexity index is 619. The summed E-state index contributed by atoms with van der Waals surface area (Å²) in [6.45, 7) is 7.54. The summed E-state index contributed by atoms with van der Waals surface area (Å²) in [5.41, 5.74) is 1.77. The zero-order valence-electron chi connectivity index (χ0n) is 15.2. The number of rotatable bonds is 5. The number of nitrogens with one attached hydrogen (secondary N) is 3. The van der Waals surface area contributed by atoms with Gasteiger partial charge < -0.3 is 15.5 Å². The van der Waals surface area contributed by atoms with Gasteiger partial charge in [-0.05, 0) is 20.8 Å². The molecule has 0 atom stereocenters. The molecule has 7 nitrogen and oxygen atoms in total. The number of anilines is 1. The molecule has 0 unspecified atom stereocenters. The smallest absolute Gasteiger partial charge is 0.314 e. The van der Waals surface area contributed by atoms with Crippen LogP contribution in [0, 0.1) is 0 Å². The Kier molecular flexibility index (Phi) is 5.92. The van der Waals surface area contributed by atoms with Crippen molar-refractivity contribution in [2.75, 3.05) is 32.5 Å². The molecule has 2 amide bonds. The van der Waals surface area contributed by atoms with E-state index in [-0.39, 0.29) is 5.54 Å². The summed E-state index contributed by atoms with van der Waals surface area (Å²) in [4.78, 5) is 25.6. The van der Waals surface area contributed by atoms with Crippen LogP contribution in [0.3, 0.4) is 0 Å². The summed E-state index contributed by atoms with van der Waals surface area (Å²) in [7, 11) is 4.11. The Balaban J connectivity index is 2.02. The first-order chi connectivity index (χ1) is 11.2. The molecular weight excluding hydrogens is 326 g/mol. The normalized spacial score (nSPS) is 13.9. The van der Waals surface area contributed by atoms with Crippen LogP contribution in [0.15, 0.2) is 0 Å². The summed E-state index contributed by atoms with van der Waals surface area (Å²) in [5.74, 6) is 1.09. The van der Waals surface area contributed by atoms with Gasteiger partial charge in [0.15, 0.2) is 0 Å². The molecule has 3 N–H and O–H groups in total. The van der Waals surface area contributed by atoms with E-state index in [1.807, 2.05) is 25.5 Å². The van der Waals surface area contributed by atoms with Crippen molar-refractivity contribution < 1.29 is 14.5 Å². The van der Waals surface area contributed by atoms with E-state index in [0.717, 1.165) is 35.7 Å². The number of carbonyl (C=O) groups excluding carboxylic acids is 2. The first-order valence-electron chi connectivity index (χ1n) is 8.27. The Morgan fingerprint density at radius 2 is 1.96 bits per heavy atom. The maximum Gasteiger partial charge on any atom is 0.314 e. The lowest BCUT2D eigenvalue weighted by Crippen LogP contribution is -3.05. The van der Waals surface area contributed by atoms with E-state index in [2.05, 4.69) is 29.8 Å². The van der Waals surface area contributed by atoms with E-state index in [1.165, 1.54) is 4.90 Å². The van der Waals surface area contributed by atoms with Gasteiger partial charge >= 0.3 is 11.8 Å². The number of hydrogen-bond acceptors (Lipinski definition) is 4. The third-order valence-corrected chi connectivity index (χ3v) is 4.73. The van der Waals surface area contributed by atoms with Crippen LogP contribution in [-0.2, 0) is 26.6 Å². The van der Waals surface area contributed by atoms with Gasteiger partial charge in [0, 0.05) is 30.0 Å². The second-order valence-electron chi connectivity index (χ2n) is 7.37. The van der Waals surface area contributed by atoms with Crippen LogP contribution in [0.25, 0.3) is 0 Å². The summed E-state index contributed by atoms with van der Waals surface area (Å²) >= 11 is 1.77. The SMILES string of the molecule is C[NH+](C)CCCNC(=O)C(=O)Nc1c2c(nn1C(C)(C)C)CSC2. The van der Waals surface area contributed by atoms with E-state index in [1.54, 1.807) is 11.8 Å². The number of hydrogen-bond donors (Lipinski definition) is 3. The molecule has 2 rings (SSSR count). The van der Waals surface area contributed by atoms with Crippen LogP contribution in [0.4, 0.5) is 5.82 Å². The molecule has 134 valence electrons. The lowest BCUT2D eigenvalue weighted by atomic mass is 10.1. The van der Waals surface area contributed by atoms with E-state index in [4.69, 9.17) is 0 Å². The molecule has 0 saturated heterocycles. The standard InChI is InChI=1S/C16H27N5O2S/c1-16(2,3)21-13(11-9-24-10-12(11)19-21)18-15(23)14(22)17-7-6-8-20(4)5/h6-10H2,1-5H3,(H,17,22)(H,18,23)/p+1. The molecule has 24 heavy (non-hydrogen) atoms. The summed E-state index contributed by atoms with van der Waals surface area (Å²) < 4.78 is 1.82. The second-order valence-corrected chi connectivity index (χ2v) is 8.36. The number of amides is 2. The average molecular weight is 355 g/mol. The van der Waals surface area contributed by atoms with Gasteiger partial charge in [-0.2, -0.15) is 16.9 Å². The third kappa shape index (κ3) is 4.51.